The molecule has 0 spiro atoms. The van der Waals surface area contributed by atoms with Crippen molar-refractivity contribution >= 4 is 39.3 Å². The number of sulfone groups is 1. The second-order valence-corrected chi connectivity index (χ2v) is 8.72. The minimum Gasteiger partial charge on any atom is -0.495 e. The van der Waals surface area contributed by atoms with Gasteiger partial charge in [0.2, 0.25) is 5.91 Å². The average molecular weight is 427 g/mol. The van der Waals surface area contributed by atoms with Crippen molar-refractivity contribution in [2.75, 3.05) is 18.2 Å². The fourth-order valence-electron chi connectivity index (χ4n) is 3.11. The van der Waals surface area contributed by atoms with E-state index in [9.17, 15) is 13.2 Å². The Balaban J connectivity index is 2.15. The molecule has 3 rings (SSSR count). The monoisotopic (exact) mass is 427 g/mol. The number of unbranched alkanes of at least 4 members (excludes halogenated alkanes) is 1. The third kappa shape index (κ3) is 3.71. The molecule has 0 bridgehead atoms. The number of anilines is 1. The van der Waals surface area contributed by atoms with Crippen molar-refractivity contribution in [3.8, 4) is 17.1 Å². The zero-order chi connectivity index (χ0) is 22.1. The Morgan fingerprint density at radius 3 is 2.73 bits per heavy atom. The van der Waals surface area contributed by atoms with Crippen LogP contribution in [0.25, 0.3) is 28.5 Å². The van der Waals surface area contributed by atoms with E-state index in [2.05, 4.69) is 26.8 Å². The van der Waals surface area contributed by atoms with Gasteiger partial charge in [0.05, 0.1) is 30.5 Å². The van der Waals surface area contributed by atoms with Gasteiger partial charge in [-0.3, -0.25) is 4.79 Å². The summed E-state index contributed by atoms with van der Waals surface area (Å²) in [7, 11) is -2.19. The van der Waals surface area contributed by atoms with Gasteiger partial charge in [-0.05, 0) is 24.6 Å². The SMILES string of the molecule is [C-]#[N+]c1c(S(=O)(=O)CCCC)c(=C)n2nc(-c3ccc(OC)c(NC(C)=O)c3)nc12. The van der Waals surface area contributed by atoms with E-state index in [1.165, 1.54) is 18.5 Å². The number of amides is 1. The number of nitrogens with one attached hydrogen (secondary N) is 1. The maximum absolute atomic E-state index is 12.7. The summed E-state index contributed by atoms with van der Waals surface area (Å²) in [6.45, 7) is 14.6. The fourth-order valence-corrected chi connectivity index (χ4v) is 4.86. The molecule has 0 saturated carbocycles. The molecule has 30 heavy (non-hydrogen) atoms. The molecule has 0 aliphatic rings. The highest BCUT2D eigenvalue weighted by Gasteiger charge is 2.27. The van der Waals surface area contributed by atoms with Crippen molar-refractivity contribution in [3.63, 3.8) is 0 Å². The third-order valence-corrected chi connectivity index (χ3v) is 6.39. The average Bonchev–Trinajstić information content (AvgIpc) is 3.24. The van der Waals surface area contributed by atoms with Crippen LogP contribution < -0.4 is 15.4 Å². The van der Waals surface area contributed by atoms with E-state index in [1.807, 2.05) is 6.92 Å². The van der Waals surface area contributed by atoms with Gasteiger partial charge in [0.15, 0.2) is 21.3 Å². The van der Waals surface area contributed by atoms with Crippen LogP contribution in [-0.4, -0.2) is 41.8 Å². The number of aromatic nitrogens is 3. The van der Waals surface area contributed by atoms with Gasteiger partial charge in [-0.15, -0.1) is 5.10 Å². The molecule has 10 heteroatoms. The minimum atomic E-state index is -3.68. The molecular weight excluding hydrogens is 406 g/mol. The first-order valence-electron chi connectivity index (χ1n) is 9.21. The van der Waals surface area contributed by atoms with Gasteiger partial charge in [0.1, 0.15) is 10.6 Å². The number of methoxy groups -OCH3 is 1. The summed E-state index contributed by atoms with van der Waals surface area (Å²) in [5, 5.41) is 7.15. The van der Waals surface area contributed by atoms with E-state index in [1.54, 1.807) is 18.2 Å². The zero-order valence-corrected chi connectivity index (χ0v) is 17.7. The summed E-state index contributed by atoms with van der Waals surface area (Å²) in [5.74, 6) is 0.412. The lowest BCUT2D eigenvalue weighted by molar-refractivity contribution is -0.114. The summed E-state index contributed by atoms with van der Waals surface area (Å²) < 4.78 is 32.0. The highest BCUT2D eigenvalue weighted by Crippen LogP contribution is 2.32. The zero-order valence-electron chi connectivity index (χ0n) is 16.9. The van der Waals surface area contributed by atoms with Crippen molar-refractivity contribution < 1.29 is 17.9 Å². The van der Waals surface area contributed by atoms with Crippen molar-refractivity contribution in [3.05, 3.63) is 35.0 Å². The van der Waals surface area contributed by atoms with Gasteiger partial charge in [0, 0.05) is 12.5 Å². The summed E-state index contributed by atoms with van der Waals surface area (Å²) in [5.41, 5.74) is 1.07. The van der Waals surface area contributed by atoms with Crippen LogP contribution >= 0.6 is 0 Å². The number of rotatable bonds is 7. The topological polar surface area (TPSA) is 107 Å². The number of nitrogens with zero attached hydrogens (tertiary/aromatic N) is 4. The fraction of sp³-hybridized carbons (Fsp3) is 0.300. The van der Waals surface area contributed by atoms with Crippen LogP contribution in [0.5, 0.6) is 5.75 Å². The molecule has 0 aliphatic carbocycles. The quantitative estimate of drug-likeness (QED) is 0.581. The van der Waals surface area contributed by atoms with Gasteiger partial charge >= 0.3 is 0 Å². The highest BCUT2D eigenvalue weighted by molar-refractivity contribution is 7.91. The molecule has 0 aliphatic heterocycles. The minimum absolute atomic E-state index is 0.0624. The summed E-state index contributed by atoms with van der Waals surface area (Å²) in [6.07, 6.45) is 1.20. The molecule has 3 aromatic rings. The van der Waals surface area contributed by atoms with Crippen LogP contribution in [0.4, 0.5) is 11.4 Å². The maximum atomic E-state index is 12.7. The summed E-state index contributed by atoms with van der Waals surface area (Å²) in [4.78, 5) is 19.2. The lowest BCUT2D eigenvalue weighted by Gasteiger charge is -2.09. The largest absolute Gasteiger partial charge is 0.495 e. The smallest absolute Gasteiger partial charge is 0.251 e. The number of fused-ring (bicyclic) bond motifs is 1. The van der Waals surface area contributed by atoms with Crippen LogP contribution in [-0.2, 0) is 14.6 Å². The third-order valence-electron chi connectivity index (χ3n) is 4.51. The number of hydrogen-bond acceptors (Lipinski definition) is 6. The molecule has 0 atom stereocenters. The van der Waals surface area contributed by atoms with E-state index >= 15 is 0 Å². The second-order valence-electron chi connectivity index (χ2n) is 6.68. The van der Waals surface area contributed by atoms with Gasteiger partial charge in [-0.2, -0.15) is 0 Å². The number of carbonyl (C=O) groups is 1. The van der Waals surface area contributed by atoms with E-state index in [-0.39, 0.29) is 39.1 Å². The Morgan fingerprint density at radius 1 is 1.40 bits per heavy atom. The van der Waals surface area contributed by atoms with E-state index < -0.39 is 9.84 Å². The first-order chi connectivity index (χ1) is 14.2. The summed E-state index contributed by atoms with van der Waals surface area (Å²) in [6, 6.07) is 5.01. The predicted octanol–water partition coefficient (Wildman–Crippen LogP) is 2.62. The Kier molecular flexibility index (Phi) is 5.75. The van der Waals surface area contributed by atoms with Crippen LogP contribution in [0, 0.1) is 6.57 Å². The molecule has 1 amide bonds. The second kappa shape index (κ2) is 8.12. The Bertz CT molecular complexity index is 1320. The number of ether oxygens (including phenoxy) is 1. The first kappa shape index (κ1) is 21.3. The van der Waals surface area contributed by atoms with E-state index in [0.29, 0.717) is 29.8 Å². The van der Waals surface area contributed by atoms with Gasteiger partial charge in [-0.25, -0.2) is 22.8 Å². The molecule has 0 saturated heterocycles. The van der Waals surface area contributed by atoms with Crippen molar-refractivity contribution in [2.45, 2.75) is 31.6 Å². The Labute approximate surface area is 174 Å². The molecule has 0 unspecified atom stereocenters. The molecular formula is C20H21N5O4S. The Hall–Kier alpha value is -3.45. The number of hydrogen-bond donors (Lipinski definition) is 1. The van der Waals surface area contributed by atoms with Gasteiger partial charge in [-0.1, -0.05) is 19.9 Å². The van der Waals surface area contributed by atoms with E-state index in [4.69, 9.17) is 11.3 Å². The van der Waals surface area contributed by atoms with Crippen molar-refractivity contribution in [1.82, 2.24) is 14.6 Å². The van der Waals surface area contributed by atoms with Crippen LogP contribution in [0.15, 0.2) is 23.1 Å². The molecule has 0 radical (unpaired) electrons. The molecule has 1 N–H and O–H groups in total. The highest BCUT2D eigenvalue weighted by atomic mass is 32.2. The molecule has 0 fully saturated rings. The maximum Gasteiger partial charge on any atom is 0.251 e. The molecule has 2 aromatic heterocycles. The van der Waals surface area contributed by atoms with Gasteiger partial charge in [0.25, 0.3) is 5.69 Å². The lowest BCUT2D eigenvalue weighted by atomic mass is 10.1. The predicted molar refractivity (Wildman–Crippen MR) is 113 cm³/mol. The van der Waals surface area contributed by atoms with Crippen LogP contribution in [0.3, 0.4) is 0 Å². The standard InChI is InChI=1S/C20H21N5O4S/c1-6-7-10-30(27,28)18-12(2)25-20(17(18)21-4)23-19(24-25)14-8-9-16(29-5)15(11-14)22-13(3)26/h8-9,11H,2,6-7,10H2,1,3,5H3,(H,22,26). The summed E-state index contributed by atoms with van der Waals surface area (Å²) >= 11 is 0. The van der Waals surface area contributed by atoms with Crippen molar-refractivity contribution in [1.29, 1.82) is 0 Å². The Morgan fingerprint density at radius 2 is 2.13 bits per heavy atom. The van der Waals surface area contributed by atoms with Crippen LogP contribution in [0.1, 0.15) is 26.7 Å². The molecule has 9 nitrogen and oxygen atoms in total. The number of carbonyl (C=O) groups excluding carboxylic acids is 1. The van der Waals surface area contributed by atoms with Crippen LogP contribution in [0.2, 0.25) is 0 Å². The number of benzene rings is 1. The van der Waals surface area contributed by atoms with Crippen molar-refractivity contribution in [2.24, 2.45) is 0 Å². The van der Waals surface area contributed by atoms with E-state index in [0.717, 1.165) is 0 Å². The molecule has 1 aromatic carbocycles. The molecule has 2 heterocycles. The first-order valence-corrected chi connectivity index (χ1v) is 10.9. The van der Waals surface area contributed by atoms with Gasteiger partial charge < -0.3 is 10.1 Å². The normalized spacial score (nSPS) is 11.4. The molecule has 156 valence electrons. The lowest BCUT2D eigenvalue weighted by Crippen LogP contribution is -2.18.